The first kappa shape index (κ1) is 21.5. The average molecular weight is 441 g/mol. The zero-order chi connectivity index (χ0) is 23.4. The molecule has 0 aliphatic heterocycles. The zero-order valence-corrected chi connectivity index (χ0v) is 17.6. The number of nitro groups is 1. The summed E-state index contributed by atoms with van der Waals surface area (Å²) in [5.74, 6) is -0.603. The largest absolute Gasteiger partial charge is 0.504 e. The molecule has 4 rings (SSSR count). The van der Waals surface area contributed by atoms with Crippen molar-refractivity contribution in [2.24, 2.45) is 4.99 Å². The summed E-state index contributed by atoms with van der Waals surface area (Å²) in [6.07, 6.45) is 1.28. The van der Waals surface area contributed by atoms with Crippen LogP contribution in [-0.4, -0.2) is 29.3 Å². The third-order valence-corrected chi connectivity index (χ3v) is 5.02. The topological polar surface area (TPSA) is 114 Å². The van der Waals surface area contributed by atoms with Gasteiger partial charge in [-0.25, -0.2) is 0 Å². The number of phenols is 1. The number of carbonyl (C=O) groups excluding carboxylic acids is 1. The molecular weight excluding hydrogens is 422 g/mol. The predicted octanol–water partition coefficient (Wildman–Crippen LogP) is 5.47. The van der Waals surface area contributed by atoms with Crippen LogP contribution < -0.4 is 10.1 Å². The molecule has 1 amide bonds. The second-order valence-electron chi connectivity index (χ2n) is 7.13. The Morgan fingerprint density at radius 3 is 2.61 bits per heavy atom. The minimum Gasteiger partial charge on any atom is -0.504 e. The fraction of sp³-hybridized carbons (Fsp3) is 0.0400. The molecule has 0 fully saturated rings. The number of nitrogens with zero attached hydrogens (tertiary/aromatic N) is 2. The van der Waals surface area contributed by atoms with Gasteiger partial charge in [-0.1, -0.05) is 42.5 Å². The van der Waals surface area contributed by atoms with Crippen LogP contribution in [0.3, 0.4) is 0 Å². The number of hydrogen-bond donors (Lipinski definition) is 2. The highest BCUT2D eigenvalue weighted by Gasteiger charge is 2.16. The Bertz CT molecular complexity index is 1390. The zero-order valence-electron chi connectivity index (χ0n) is 17.6. The number of ether oxygens (including phenoxy) is 1. The van der Waals surface area contributed by atoms with Crippen LogP contribution in [-0.2, 0) is 0 Å². The van der Waals surface area contributed by atoms with E-state index in [2.05, 4.69) is 10.3 Å². The van der Waals surface area contributed by atoms with Gasteiger partial charge in [0.25, 0.3) is 11.6 Å². The first-order chi connectivity index (χ1) is 16.0. The van der Waals surface area contributed by atoms with Crippen molar-refractivity contribution < 1.29 is 19.6 Å². The molecule has 0 heterocycles. The lowest BCUT2D eigenvalue weighted by Crippen LogP contribution is -2.11. The number of nitrogens with one attached hydrogen (secondary N) is 1. The Labute approximate surface area is 188 Å². The minimum atomic E-state index is -0.586. The van der Waals surface area contributed by atoms with Gasteiger partial charge < -0.3 is 15.2 Å². The highest BCUT2D eigenvalue weighted by Crippen LogP contribution is 2.34. The molecule has 0 unspecified atom stereocenters. The van der Waals surface area contributed by atoms with Crippen molar-refractivity contribution in [2.45, 2.75) is 0 Å². The molecule has 8 heteroatoms. The van der Waals surface area contributed by atoms with Gasteiger partial charge in [0, 0.05) is 34.5 Å². The summed E-state index contributed by atoms with van der Waals surface area (Å²) in [6, 6.07) is 22.4. The van der Waals surface area contributed by atoms with Crippen molar-refractivity contribution in [3.05, 3.63) is 100 Å². The summed E-state index contributed by atoms with van der Waals surface area (Å²) in [5, 5.41) is 26.3. The molecule has 0 saturated heterocycles. The maximum Gasteiger partial charge on any atom is 0.274 e. The number of methoxy groups -OCH3 is 1. The molecule has 0 atom stereocenters. The predicted molar refractivity (Wildman–Crippen MR) is 127 cm³/mol. The molecule has 0 aromatic heterocycles. The van der Waals surface area contributed by atoms with Crippen LogP contribution in [0, 0.1) is 10.1 Å². The van der Waals surface area contributed by atoms with Gasteiger partial charge in [-0.05, 0) is 29.7 Å². The first-order valence-electron chi connectivity index (χ1n) is 9.95. The van der Waals surface area contributed by atoms with E-state index < -0.39 is 4.92 Å². The second-order valence-corrected chi connectivity index (χ2v) is 7.13. The fourth-order valence-electron chi connectivity index (χ4n) is 3.37. The van der Waals surface area contributed by atoms with Crippen molar-refractivity contribution in [2.75, 3.05) is 12.4 Å². The van der Waals surface area contributed by atoms with E-state index >= 15 is 0 Å². The second kappa shape index (κ2) is 9.19. The number of phenolic OH excluding ortho intramolecular Hbond substituents is 1. The van der Waals surface area contributed by atoms with Gasteiger partial charge in [-0.2, -0.15) is 0 Å². The first-order valence-corrected chi connectivity index (χ1v) is 9.95. The van der Waals surface area contributed by atoms with E-state index in [0.29, 0.717) is 16.9 Å². The Hall–Kier alpha value is -4.72. The van der Waals surface area contributed by atoms with Gasteiger partial charge in [0.1, 0.15) is 0 Å². The quantitative estimate of drug-likeness (QED) is 0.234. The normalized spacial score (nSPS) is 10.9. The highest BCUT2D eigenvalue weighted by molar-refractivity contribution is 6.09. The third-order valence-electron chi connectivity index (χ3n) is 5.02. The number of non-ortho nitro benzene ring substituents is 1. The number of aromatic hydroxyl groups is 1. The number of nitro benzene ring substituents is 1. The Morgan fingerprint density at radius 1 is 1.06 bits per heavy atom. The van der Waals surface area contributed by atoms with Crippen molar-refractivity contribution in [3.8, 4) is 11.5 Å². The van der Waals surface area contributed by atoms with Gasteiger partial charge in [0.2, 0.25) is 0 Å². The fourth-order valence-corrected chi connectivity index (χ4v) is 3.37. The van der Waals surface area contributed by atoms with E-state index in [1.807, 2.05) is 42.5 Å². The lowest BCUT2D eigenvalue weighted by Gasteiger charge is -2.09. The Morgan fingerprint density at radius 2 is 1.82 bits per heavy atom. The SMILES string of the molecule is COc1cc([N+](=O)[O-])cc(C=Nc2cccc(C(=O)Nc3cccc4ccccc34)c2)c1O. The molecule has 33 heavy (non-hydrogen) atoms. The van der Waals surface area contributed by atoms with Gasteiger partial charge >= 0.3 is 0 Å². The summed E-state index contributed by atoms with van der Waals surface area (Å²) in [5.41, 5.74) is 1.39. The number of anilines is 1. The lowest BCUT2D eigenvalue weighted by molar-refractivity contribution is -0.385. The number of hydrogen-bond acceptors (Lipinski definition) is 6. The van der Waals surface area contributed by atoms with Crippen LogP contribution in [0.2, 0.25) is 0 Å². The summed E-state index contributed by atoms with van der Waals surface area (Å²) in [6.45, 7) is 0. The maximum absolute atomic E-state index is 12.8. The van der Waals surface area contributed by atoms with Gasteiger partial charge in [0.15, 0.2) is 11.5 Å². The van der Waals surface area contributed by atoms with Crippen LogP contribution in [0.15, 0.2) is 83.9 Å². The van der Waals surface area contributed by atoms with Crippen molar-refractivity contribution >= 4 is 40.0 Å². The van der Waals surface area contributed by atoms with E-state index in [1.54, 1.807) is 24.3 Å². The standard InChI is InChI=1S/C25H19N3O5/c1-33-23-14-20(28(31)32)13-18(24(23)29)15-26-19-9-4-8-17(12-19)25(30)27-22-11-5-7-16-6-2-3-10-21(16)22/h2-15,29H,1H3,(H,27,30). The number of rotatable bonds is 6. The number of amides is 1. The molecule has 164 valence electrons. The van der Waals surface area contributed by atoms with Crippen molar-refractivity contribution in [3.63, 3.8) is 0 Å². The molecule has 0 aliphatic carbocycles. The molecule has 4 aromatic carbocycles. The Kier molecular flexibility index (Phi) is 5.99. The maximum atomic E-state index is 12.8. The molecule has 0 spiro atoms. The van der Waals surface area contributed by atoms with E-state index in [1.165, 1.54) is 19.4 Å². The third kappa shape index (κ3) is 4.64. The monoisotopic (exact) mass is 441 g/mol. The van der Waals surface area contributed by atoms with Crippen LogP contribution in [0.4, 0.5) is 17.1 Å². The van der Waals surface area contributed by atoms with E-state index in [4.69, 9.17) is 4.74 Å². The van der Waals surface area contributed by atoms with E-state index in [-0.39, 0.29) is 28.7 Å². The van der Waals surface area contributed by atoms with E-state index in [0.717, 1.165) is 16.8 Å². The number of fused-ring (bicyclic) bond motifs is 1. The average Bonchev–Trinajstić information content (AvgIpc) is 2.83. The molecule has 8 nitrogen and oxygen atoms in total. The van der Waals surface area contributed by atoms with Crippen molar-refractivity contribution in [1.82, 2.24) is 0 Å². The summed E-state index contributed by atoms with van der Waals surface area (Å²) in [7, 11) is 1.30. The summed E-state index contributed by atoms with van der Waals surface area (Å²) in [4.78, 5) is 27.7. The van der Waals surface area contributed by atoms with E-state index in [9.17, 15) is 20.0 Å². The van der Waals surface area contributed by atoms with Gasteiger partial charge in [-0.15, -0.1) is 0 Å². The smallest absolute Gasteiger partial charge is 0.274 e. The Balaban J connectivity index is 1.60. The molecule has 2 N–H and O–H groups in total. The van der Waals surface area contributed by atoms with Crippen LogP contribution in [0.5, 0.6) is 11.5 Å². The van der Waals surface area contributed by atoms with Crippen molar-refractivity contribution in [1.29, 1.82) is 0 Å². The number of carbonyl (C=O) groups is 1. The molecular formula is C25H19N3O5. The van der Waals surface area contributed by atoms with Gasteiger partial charge in [-0.3, -0.25) is 19.9 Å². The van der Waals surface area contributed by atoms with Crippen LogP contribution >= 0.6 is 0 Å². The lowest BCUT2D eigenvalue weighted by atomic mass is 10.1. The van der Waals surface area contributed by atoms with Gasteiger partial charge in [0.05, 0.1) is 23.8 Å². The summed E-state index contributed by atoms with van der Waals surface area (Å²) < 4.78 is 5.00. The minimum absolute atomic E-state index is 0.0335. The molecule has 0 bridgehead atoms. The molecule has 4 aromatic rings. The molecule has 0 radical (unpaired) electrons. The van der Waals surface area contributed by atoms with Crippen LogP contribution in [0.25, 0.3) is 10.8 Å². The van der Waals surface area contributed by atoms with Crippen LogP contribution in [0.1, 0.15) is 15.9 Å². The molecule has 0 saturated carbocycles. The number of benzene rings is 4. The summed E-state index contributed by atoms with van der Waals surface area (Å²) >= 11 is 0. The molecule has 0 aliphatic rings. The number of aliphatic imine (C=N–C) groups is 1. The highest BCUT2D eigenvalue weighted by atomic mass is 16.6.